The summed E-state index contributed by atoms with van der Waals surface area (Å²) < 4.78 is 28.0. The van der Waals surface area contributed by atoms with Gasteiger partial charge in [0.15, 0.2) is 20.8 Å². The lowest BCUT2D eigenvalue weighted by Crippen LogP contribution is -2.11. The minimum Gasteiger partial charge on any atom is -0.341 e. The molecule has 0 aliphatic heterocycles. The highest BCUT2D eigenvalue weighted by Gasteiger charge is 2.23. The molecule has 0 saturated heterocycles. The van der Waals surface area contributed by atoms with Crippen molar-refractivity contribution >= 4 is 32.6 Å². The van der Waals surface area contributed by atoms with Gasteiger partial charge in [-0.2, -0.15) is 0 Å². The first-order valence-corrected chi connectivity index (χ1v) is 13.0. The van der Waals surface area contributed by atoms with Crippen molar-refractivity contribution in [1.82, 2.24) is 24.7 Å². The van der Waals surface area contributed by atoms with Gasteiger partial charge in [0.05, 0.1) is 21.7 Å². The standard InChI is InChI=1S/C24H21N5O2S2/c1-17-11-13-19(14-12-17)33(30,31)16-23-27-28-24(29(23)18-7-3-2-4-8-18)32-15-22-25-20-9-5-6-10-21(20)26-22/h2-14H,15-16H2,1H3,(H,25,26). The van der Waals surface area contributed by atoms with Gasteiger partial charge in [0.2, 0.25) is 0 Å². The third-order valence-electron chi connectivity index (χ3n) is 5.19. The smallest absolute Gasteiger partial charge is 0.196 e. The summed E-state index contributed by atoms with van der Waals surface area (Å²) in [7, 11) is -3.58. The van der Waals surface area contributed by atoms with E-state index in [2.05, 4.69) is 20.2 Å². The van der Waals surface area contributed by atoms with Gasteiger partial charge >= 0.3 is 0 Å². The fraction of sp³-hybridized carbons (Fsp3) is 0.125. The van der Waals surface area contributed by atoms with Crippen LogP contribution < -0.4 is 0 Å². The molecule has 2 aromatic heterocycles. The maximum absolute atomic E-state index is 13.1. The summed E-state index contributed by atoms with van der Waals surface area (Å²) in [4.78, 5) is 8.19. The molecule has 0 radical (unpaired) electrons. The number of benzene rings is 3. The summed E-state index contributed by atoms with van der Waals surface area (Å²) in [5.74, 6) is 1.49. The second-order valence-electron chi connectivity index (χ2n) is 7.63. The van der Waals surface area contributed by atoms with Crippen molar-refractivity contribution in [1.29, 1.82) is 0 Å². The summed E-state index contributed by atoms with van der Waals surface area (Å²) in [5.41, 5.74) is 3.69. The number of aryl methyl sites for hydroxylation is 1. The third-order valence-corrected chi connectivity index (χ3v) is 7.76. The number of aromatic nitrogens is 5. The molecule has 0 aliphatic rings. The van der Waals surface area contributed by atoms with E-state index in [1.807, 2.05) is 61.5 Å². The van der Waals surface area contributed by atoms with Crippen LogP contribution in [0.3, 0.4) is 0 Å². The Morgan fingerprint density at radius 3 is 2.39 bits per heavy atom. The van der Waals surface area contributed by atoms with Crippen LogP contribution in [0, 0.1) is 6.92 Å². The van der Waals surface area contributed by atoms with E-state index in [0.717, 1.165) is 28.1 Å². The lowest BCUT2D eigenvalue weighted by atomic mass is 10.2. The highest BCUT2D eigenvalue weighted by molar-refractivity contribution is 7.98. The molecule has 0 atom stereocenters. The Hall–Kier alpha value is -3.43. The van der Waals surface area contributed by atoms with Gasteiger partial charge in [0.25, 0.3) is 0 Å². The molecule has 0 bridgehead atoms. The van der Waals surface area contributed by atoms with E-state index in [1.54, 1.807) is 28.8 Å². The Labute approximate surface area is 195 Å². The number of imidazole rings is 1. The number of nitrogens with one attached hydrogen (secondary N) is 1. The molecular formula is C24H21N5O2S2. The topological polar surface area (TPSA) is 93.5 Å². The van der Waals surface area contributed by atoms with Gasteiger partial charge in [-0.05, 0) is 43.3 Å². The molecule has 1 N–H and O–H groups in total. The molecule has 33 heavy (non-hydrogen) atoms. The number of hydrogen-bond donors (Lipinski definition) is 1. The summed E-state index contributed by atoms with van der Waals surface area (Å²) >= 11 is 1.46. The zero-order valence-corrected chi connectivity index (χ0v) is 19.5. The number of para-hydroxylation sites is 3. The first-order valence-electron chi connectivity index (χ1n) is 10.4. The lowest BCUT2D eigenvalue weighted by molar-refractivity contribution is 0.593. The van der Waals surface area contributed by atoms with Gasteiger partial charge in [-0.3, -0.25) is 4.57 Å². The molecule has 9 heteroatoms. The van der Waals surface area contributed by atoms with Gasteiger partial charge in [-0.1, -0.05) is 59.8 Å². The summed E-state index contributed by atoms with van der Waals surface area (Å²) in [6, 6.07) is 24.3. The number of hydrogen-bond acceptors (Lipinski definition) is 6. The SMILES string of the molecule is Cc1ccc(S(=O)(=O)Cc2nnc(SCc3nc4ccccc4[nH]3)n2-c2ccccc2)cc1. The summed E-state index contributed by atoms with van der Waals surface area (Å²) in [6.45, 7) is 1.92. The Kier molecular flexibility index (Phi) is 5.74. The van der Waals surface area contributed by atoms with Crippen LogP contribution in [0.1, 0.15) is 17.2 Å². The second kappa shape index (κ2) is 8.84. The molecule has 0 spiro atoms. The quantitative estimate of drug-likeness (QED) is 0.343. The van der Waals surface area contributed by atoms with Crippen molar-refractivity contribution < 1.29 is 8.42 Å². The minimum atomic E-state index is -3.58. The highest BCUT2D eigenvalue weighted by Crippen LogP contribution is 2.27. The molecular weight excluding hydrogens is 454 g/mol. The van der Waals surface area contributed by atoms with Crippen LogP contribution in [0.25, 0.3) is 16.7 Å². The molecule has 0 saturated carbocycles. The van der Waals surface area contributed by atoms with Gasteiger partial charge in [0.1, 0.15) is 11.6 Å². The van der Waals surface area contributed by atoms with Crippen molar-refractivity contribution in [3.8, 4) is 5.69 Å². The Bertz CT molecular complexity index is 1470. The van der Waals surface area contributed by atoms with Crippen LogP contribution in [-0.4, -0.2) is 33.2 Å². The van der Waals surface area contributed by atoms with Crippen LogP contribution in [0.4, 0.5) is 0 Å². The largest absolute Gasteiger partial charge is 0.341 e. The fourth-order valence-corrected chi connectivity index (χ4v) is 5.61. The normalized spacial score (nSPS) is 11.8. The van der Waals surface area contributed by atoms with Crippen LogP contribution >= 0.6 is 11.8 Å². The van der Waals surface area contributed by atoms with Crippen LogP contribution in [0.2, 0.25) is 0 Å². The van der Waals surface area contributed by atoms with Crippen LogP contribution in [0.5, 0.6) is 0 Å². The number of sulfone groups is 1. The van der Waals surface area contributed by atoms with Crippen molar-refractivity contribution in [2.45, 2.75) is 28.5 Å². The molecule has 5 rings (SSSR count). The summed E-state index contributed by atoms with van der Waals surface area (Å²) in [5, 5.41) is 9.19. The van der Waals surface area contributed by atoms with Crippen LogP contribution in [-0.2, 0) is 21.3 Å². The van der Waals surface area contributed by atoms with Crippen molar-refractivity contribution in [3.05, 3.63) is 96.1 Å². The average Bonchev–Trinajstić information content (AvgIpc) is 3.41. The van der Waals surface area contributed by atoms with Gasteiger partial charge in [-0.25, -0.2) is 13.4 Å². The zero-order valence-electron chi connectivity index (χ0n) is 17.8. The molecule has 2 heterocycles. The number of H-pyrrole nitrogens is 1. The van der Waals surface area contributed by atoms with E-state index < -0.39 is 9.84 Å². The lowest BCUT2D eigenvalue weighted by Gasteiger charge is -2.10. The van der Waals surface area contributed by atoms with Gasteiger partial charge in [-0.15, -0.1) is 10.2 Å². The van der Waals surface area contributed by atoms with E-state index in [0.29, 0.717) is 16.7 Å². The number of fused-ring (bicyclic) bond motifs is 1. The van der Waals surface area contributed by atoms with E-state index in [1.165, 1.54) is 11.8 Å². The molecule has 3 aromatic carbocycles. The Balaban J connectivity index is 1.46. The second-order valence-corrected chi connectivity index (χ2v) is 10.6. The average molecular weight is 476 g/mol. The molecule has 7 nitrogen and oxygen atoms in total. The maximum atomic E-state index is 13.1. The van der Waals surface area contributed by atoms with Gasteiger partial charge < -0.3 is 4.98 Å². The van der Waals surface area contributed by atoms with E-state index in [-0.39, 0.29) is 10.6 Å². The zero-order chi connectivity index (χ0) is 22.8. The predicted octanol–water partition coefficient (Wildman–Crippen LogP) is 4.72. The van der Waals surface area contributed by atoms with Crippen LogP contribution in [0.15, 0.2) is 88.9 Å². The molecule has 0 aliphatic carbocycles. The first-order chi connectivity index (χ1) is 16.0. The predicted molar refractivity (Wildman–Crippen MR) is 129 cm³/mol. The molecule has 5 aromatic rings. The van der Waals surface area contributed by atoms with E-state index in [9.17, 15) is 8.42 Å². The number of nitrogens with zero attached hydrogens (tertiary/aromatic N) is 4. The number of aromatic amines is 1. The van der Waals surface area contributed by atoms with E-state index >= 15 is 0 Å². The van der Waals surface area contributed by atoms with E-state index in [4.69, 9.17) is 0 Å². The monoisotopic (exact) mass is 475 g/mol. The Morgan fingerprint density at radius 2 is 1.64 bits per heavy atom. The maximum Gasteiger partial charge on any atom is 0.196 e. The van der Waals surface area contributed by atoms with Crippen molar-refractivity contribution in [2.24, 2.45) is 0 Å². The molecule has 0 unspecified atom stereocenters. The highest BCUT2D eigenvalue weighted by atomic mass is 32.2. The third kappa shape index (κ3) is 4.55. The van der Waals surface area contributed by atoms with Gasteiger partial charge in [0, 0.05) is 5.69 Å². The first kappa shape index (κ1) is 21.4. The molecule has 0 amide bonds. The number of rotatable bonds is 7. The van der Waals surface area contributed by atoms with Crippen molar-refractivity contribution in [3.63, 3.8) is 0 Å². The minimum absolute atomic E-state index is 0.247. The number of thioether (sulfide) groups is 1. The summed E-state index contributed by atoms with van der Waals surface area (Å²) in [6.07, 6.45) is 0. The van der Waals surface area contributed by atoms with Crippen molar-refractivity contribution in [2.75, 3.05) is 0 Å². The molecule has 166 valence electrons. The Morgan fingerprint density at radius 1 is 0.909 bits per heavy atom. The fourth-order valence-electron chi connectivity index (χ4n) is 3.53. The molecule has 0 fully saturated rings.